The molecule has 0 saturated carbocycles. The molecule has 27 heavy (non-hydrogen) atoms. The van der Waals surface area contributed by atoms with E-state index in [-0.39, 0.29) is 12.1 Å². The first kappa shape index (κ1) is 18.3. The fourth-order valence-corrected chi connectivity index (χ4v) is 2.99. The standard InChI is InChI=1S/C21H19N3O3/c1-12-19(24-20(21(22)27)13(2)23-12)16-8-6-15(7-9-16)17-5-3-4-14(10-17)11-18(25)26/h3-10H,11H2,1-2H3,(H2,22,27)(H,25,26). The highest BCUT2D eigenvalue weighted by Gasteiger charge is 2.14. The van der Waals surface area contributed by atoms with Gasteiger partial charge in [-0.2, -0.15) is 0 Å². The Balaban J connectivity index is 1.96. The summed E-state index contributed by atoms with van der Waals surface area (Å²) in [5.74, 6) is -1.46. The highest BCUT2D eigenvalue weighted by atomic mass is 16.4. The van der Waals surface area contributed by atoms with Gasteiger partial charge in [0.2, 0.25) is 0 Å². The Kier molecular flexibility index (Phi) is 4.98. The summed E-state index contributed by atoms with van der Waals surface area (Å²) in [6, 6.07) is 15.1. The van der Waals surface area contributed by atoms with Crippen LogP contribution in [-0.4, -0.2) is 27.0 Å². The number of carboxylic acids is 1. The zero-order valence-electron chi connectivity index (χ0n) is 15.1. The third-order valence-corrected chi connectivity index (χ3v) is 4.25. The molecular formula is C21H19N3O3. The van der Waals surface area contributed by atoms with E-state index in [9.17, 15) is 9.59 Å². The molecular weight excluding hydrogens is 342 g/mol. The predicted octanol–water partition coefficient (Wildman–Crippen LogP) is 3.15. The van der Waals surface area contributed by atoms with Gasteiger partial charge >= 0.3 is 5.97 Å². The zero-order chi connectivity index (χ0) is 19.6. The summed E-state index contributed by atoms with van der Waals surface area (Å²) >= 11 is 0. The molecule has 0 atom stereocenters. The van der Waals surface area contributed by atoms with E-state index >= 15 is 0 Å². The van der Waals surface area contributed by atoms with E-state index in [2.05, 4.69) is 9.97 Å². The average molecular weight is 361 g/mol. The number of hydrogen-bond donors (Lipinski definition) is 2. The van der Waals surface area contributed by atoms with Crippen molar-refractivity contribution in [1.82, 2.24) is 9.97 Å². The van der Waals surface area contributed by atoms with Crippen LogP contribution in [0.25, 0.3) is 22.4 Å². The lowest BCUT2D eigenvalue weighted by Gasteiger charge is -2.10. The number of primary amides is 1. The van der Waals surface area contributed by atoms with Gasteiger partial charge in [-0.1, -0.05) is 48.5 Å². The molecule has 0 bridgehead atoms. The van der Waals surface area contributed by atoms with E-state index in [1.165, 1.54) is 0 Å². The van der Waals surface area contributed by atoms with Crippen molar-refractivity contribution >= 4 is 11.9 Å². The van der Waals surface area contributed by atoms with Crippen LogP contribution in [-0.2, 0) is 11.2 Å². The van der Waals surface area contributed by atoms with Crippen molar-refractivity contribution in [1.29, 1.82) is 0 Å². The van der Waals surface area contributed by atoms with Gasteiger partial charge in [0.1, 0.15) is 5.69 Å². The largest absolute Gasteiger partial charge is 0.481 e. The maximum atomic E-state index is 11.5. The molecule has 3 N–H and O–H groups in total. The molecule has 3 rings (SSSR count). The topological polar surface area (TPSA) is 106 Å². The van der Waals surface area contributed by atoms with Crippen LogP contribution in [0.4, 0.5) is 0 Å². The first-order valence-corrected chi connectivity index (χ1v) is 8.41. The summed E-state index contributed by atoms with van der Waals surface area (Å²) in [6.45, 7) is 3.54. The molecule has 3 aromatic rings. The predicted molar refractivity (Wildman–Crippen MR) is 102 cm³/mol. The van der Waals surface area contributed by atoms with Crippen LogP contribution in [0.5, 0.6) is 0 Å². The molecule has 0 aliphatic heterocycles. The minimum Gasteiger partial charge on any atom is -0.481 e. The van der Waals surface area contributed by atoms with Crippen LogP contribution in [0, 0.1) is 13.8 Å². The molecule has 1 heterocycles. The van der Waals surface area contributed by atoms with E-state index in [1.54, 1.807) is 13.0 Å². The number of benzene rings is 2. The molecule has 1 amide bonds. The van der Waals surface area contributed by atoms with E-state index in [4.69, 9.17) is 10.8 Å². The molecule has 0 spiro atoms. The number of aryl methyl sites for hydroxylation is 2. The maximum Gasteiger partial charge on any atom is 0.307 e. The minimum atomic E-state index is -0.860. The van der Waals surface area contributed by atoms with Crippen molar-refractivity contribution in [2.45, 2.75) is 20.3 Å². The number of nitrogens with two attached hydrogens (primary N) is 1. The molecule has 0 fully saturated rings. The number of hydrogen-bond acceptors (Lipinski definition) is 4. The number of aliphatic carboxylic acids is 1. The maximum absolute atomic E-state index is 11.5. The van der Waals surface area contributed by atoms with Gasteiger partial charge in [-0.15, -0.1) is 0 Å². The molecule has 0 aliphatic carbocycles. The Morgan fingerprint density at radius 1 is 0.926 bits per heavy atom. The lowest BCUT2D eigenvalue weighted by Crippen LogP contribution is -2.17. The average Bonchev–Trinajstić information content (AvgIpc) is 2.61. The van der Waals surface area contributed by atoms with E-state index in [1.807, 2.05) is 49.4 Å². The Morgan fingerprint density at radius 2 is 1.59 bits per heavy atom. The summed E-state index contributed by atoms with van der Waals surface area (Å²) in [5, 5.41) is 8.95. The number of amides is 1. The molecule has 6 heteroatoms. The van der Waals surface area contributed by atoms with Crippen LogP contribution in [0.2, 0.25) is 0 Å². The summed E-state index contributed by atoms with van der Waals surface area (Å²) in [6.07, 6.45) is -0.0139. The second-order valence-electron chi connectivity index (χ2n) is 6.30. The molecule has 0 radical (unpaired) electrons. The van der Waals surface area contributed by atoms with Crippen molar-refractivity contribution in [3.8, 4) is 22.4 Å². The molecule has 0 aliphatic rings. The summed E-state index contributed by atoms with van der Waals surface area (Å²) in [7, 11) is 0. The van der Waals surface area contributed by atoms with Crippen molar-refractivity contribution in [2.75, 3.05) is 0 Å². The van der Waals surface area contributed by atoms with Gasteiger partial charge in [-0.25, -0.2) is 4.98 Å². The van der Waals surface area contributed by atoms with Gasteiger partial charge in [0.25, 0.3) is 5.91 Å². The lowest BCUT2D eigenvalue weighted by molar-refractivity contribution is -0.136. The summed E-state index contributed by atoms with van der Waals surface area (Å²) < 4.78 is 0. The van der Waals surface area contributed by atoms with Crippen molar-refractivity contribution in [3.05, 3.63) is 71.2 Å². The highest BCUT2D eigenvalue weighted by molar-refractivity contribution is 5.92. The van der Waals surface area contributed by atoms with Crippen LogP contribution < -0.4 is 5.73 Å². The number of rotatable bonds is 5. The number of carbonyl (C=O) groups is 2. The first-order valence-electron chi connectivity index (χ1n) is 8.41. The fraction of sp³-hybridized carbons (Fsp3) is 0.143. The van der Waals surface area contributed by atoms with Crippen LogP contribution in [0.3, 0.4) is 0 Å². The van der Waals surface area contributed by atoms with E-state index in [0.717, 1.165) is 22.3 Å². The van der Waals surface area contributed by atoms with E-state index in [0.29, 0.717) is 17.1 Å². The second kappa shape index (κ2) is 7.37. The van der Waals surface area contributed by atoms with Crippen LogP contribution in [0.15, 0.2) is 48.5 Å². The Labute approximate surface area is 156 Å². The van der Waals surface area contributed by atoms with Crippen LogP contribution in [0.1, 0.15) is 27.4 Å². The van der Waals surface area contributed by atoms with Gasteiger partial charge in [-0.05, 0) is 30.5 Å². The molecule has 136 valence electrons. The number of carbonyl (C=O) groups excluding carboxylic acids is 1. The monoisotopic (exact) mass is 361 g/mol. The SMILES string of the molecule is Cc1nc(C)c(-c2ccc(-c3cccc(CC(=O)O)c3)cc2)nc1C(N)=O. The van der Waals surface area contributed by atoms with Gasteiger partial charge in [-0.3, -0.25) is 14.6 Å². The van der Waals surface area contributed by atoms with E-state index < -0.39 is 11.9 Å². The van der Waals surface area contributed by atoms with Gasteiger partial charge in [0.05, 0.1) is 23.5 Å². The molecule has 0 unspecified atom stereocenters. The van der Waals surface area contributed by atoms with Gasteiger partial charge < -0.3 is 10.8 Å². The molecule has 1 aromatic heterocycles. The van der Waals surface area contributed by atoms with Gasteiger partial charge in [0.15, 0.2) is 0 Å². The normalized spacial score (nSPS) is 10.6. The van der Waals surface area contributed by atoms with Crippen molar-refractivity contribution < 1.29 is 14.7 Å². The minimum absolute atomic E-state index is 0.0139. The fourth-order valence-electron chi connectivity index (χ4n) is 2.99. The van der Waals surface area contributed by atoms with Crippen molar-refractivity contribution in [2.24, 2.45) is 5.73 Å². The number of carboxylic acid groups (broad SMARTS) is 1. The summed E-state index contributed by atoms with van der Waals surface area (Å²) in [4.78, 5) is 31.2. The zero-order valence-corrected chi connectivity index (χ0v) is 15.1. The molecule has 2 aromatic carbocycles. The highest BCUT2D eigenvalue weighted by Crippen LogP contribution is 2.26. The quantitative estimate of drug-likeness (QED) is 0.726. The summed E-state index contributed by atoms with van der Waals surface area (Å²) in [5.41, 5.74) is 10.8. The number of aromatic nitrogens is 2. The Bertz CT molecular complexity index is 1030. The van der Waals surface area contributed by atoms with Crippen LogP contribution >= 0.6 is 0 Å². The Hall–Kier alpha value is -3.54. The molecule has 0 saturated heterocycles. The van der Waals surface area contributed by atoms with Crippen molar-refractivity contribution in [3.63, 3.8) is 0 Å². The first-order chi connectivity index (χ1) is 12.8. The third kappa shape index (κ3) is 4.00. The molecule has 6 nitrogen and oxygen atoms in total. The van der Waals surface area contributed by atoms with Gasteiger partial charge in [0, 0.05) is 5.56 Å². The second-order valence-corrected chi connectivity index (χ2v) is 6.30. The Morgan fingerprint density at radius 3 is 2.22 bits per heavy atom. The number of nitrogens with zero attached hydrogens (tertiary/aromatic N) is 2. The lowest BCUT2D eigenvalue weighted by atomic mass is 9.99. The smallest absolute Gasteiger partial charge is 0.307 e. The third-order valence-electron chi connectivity index (χ3n) is 4.25.